The third-order valence-corrected chi connectivity index (χ3v) is 3.31. The molecule has 0 saturated heterocycles. The maximum atomic E-state index is 13.1. The second-order valence-electron chi connectivity index (χ2n) is 5.18. The standard InChI is InChI=1S/C17H17F2N3/c1-14(18)5-3-4-10-17(2,11-22-13-20-12-21-22)15-6-8-16(19)9-7-15/h3-10,12-13H,1,11H2,2H3/b5-3-,10-4+. The third-order valence-electron chi connectivity index (χ3n) is 3.31. The lowest BCUT2D eigenvalue weighted by Gasteiger charge is -2.26. The third kappa shape index (κ3) is 4.22. The quantitative estimate of drug-likeness (QED) is 0.756. The second-order valence-corrected chi connectivity index (χ2v) is 5.18. The minimum absolute atomic E-state index is 0.288. The molecule has 1 atom stereocenters. The van der Waals surface area contributed by atoms with E-state index in [1.54, 1.807) is 35.3 Å². The summed E-state index contributed by atoms with van der Waals surface area (Å²) in [5.41, 5.74) is 0.483. The minimum Gasteiger partial charge on any atom is -0.252 e. The van der Waals surface area contributed by atoms with Crippen LogP contribution in [0.4, 0.5) is 8.78 Å². The van der Waals surface area contributed by atoms with E-state index in [-0.39, 0.29) is 5.82 Å². The van der Waals surface area contributed by atoms with Crippen molar-refractivity contribution >= 4 is 0 Å². The largest absolute Gasteiger partial charge is 0.252 e. The van der Waals surface area contributed by atoms with Crippen molar-refractivity contribution in [3.8, 4) is 0 Å². The molecule has 0 aliphatic heterocycles. The van der Waals surface area contributed by atoms with Crippen LogP contribution in [0.5, 0.6) is 0 Å². The van der Waals surface area contributed by atoms with Crippen LogP contribution in [0.15, 0.2) is 73.6 Å². The predicted molar refractivity (Wildman–Crippen MR) is 82.3 cm³/mol. The zero-order valence-corrected chi connectivity index (χ0v) is 12.3. The molecule has 0 radical (unpaired) electrons. The molecule has 1 unspecified atom stereocenters. The van der Waals surface area contributed by atoms with E-state index in [1.165, 1.54) is 24.5 Å². The van der Waals surface area contributed by atoms with Crippen LogP contribution in [0.2, 0.25) is 0 Å². The van der Waals surface area contributed by atoms with Crippen LogP contribution in [-0.2, 0) is 12.0 Å². The Balaban J connectivity index is 2.30. The Labute approximate surface area is 128 Å². The Hall–Kier alpha value is -2.56. The first kappa shape index (κ1) is 15.8. The summed E-state index contributed by atoms with van der Waals surface area (Å²) in [6, 6.07) is 6.30. The molecule has 0 spiro atoms. The summed E-state index contributed by atoms with van der Waals surface area (Å²) >= 11 is 0. The van der Waals surface area contributed by atoms with Crippen molar-refractivity contribution in [1.82, 2.24) is 14.8 Å². The Kier molecular flexibility index (Phi) is 4.99. The highest BCUT2D eigenvalue weighted by atomic mass is 19.1. The van der Waals surface area contributed by atoms with Gasteiger partial charge in [-0.25, -0.2) is 13.8 Å². The van der Waals surface area contributed by atoms with Crippen molar-refractivity contribution in [2.75, 3.05) is 0 Å². The van der Waals surface area contributed by atoms with Crippen LogP contribution in [0.25, 0.3) is 0 Å². The van der Waals surface area contributed by atoms with Gasteiger partial charge < -0.3 is 0 Å². The summed E-state index contributed by atoms with van der Waals surface area (Å²) in [7, 11) is 0. The molecule has 1 aromatic heterocycles. The molecular formula is C17H17F2N3. The summed E-state index contributed by atoms with van der Waals surface area (Å²) in [6.45, 7) is 5.69. The van der Waals surface area contributed by atoms with E-state index in [2.05, 4.69) is 16.7 Å². The molecule has 114 valence electrons. The molecule has 2 rings (SSSR count). The molecular weight excluding hydrogens is 284 g/mol. The number of nitrogens with zero attached hydrogens (tertiary/aromatic N) is 3. The fourth-order valence-electron chi connectivity index (χ4n) is 2.15. The molecule has 0 saturated carbocycles. The average molecular weight is 301 g/mol. The predicted octanol–water partition coefficient (Wildman–Crippen LogP) is 3.97. The van der Waals surface area contributed by atoms with Crippen LogP contribution in [0.3, 0.4) is 0 Å². The highest BCUT2D eigenvalue weighted by Gasteiger charge is 2.24. The fraction of sp³-hybridized carbons (Fsp3) is 0.176. The maximum absolute atomic E-state index is 13.1. The molecule has 0 N–H and O–H groups in total. The number of benzene rings is 1. The number of hydrogen-bond acceptors (Lipinski definition) is 2. The highest BCUT2D eigenvalue weighted by molar-refractivity contribution is 5.31. The molecule has 0 bridgehead atoms. The van der Waals surface area contributed by atoms with Gasteiger partial charge >= 0.3 is 0 Å². The molecule has 0 aliphatic carbocycles. The van der Waals surface area contributed by atoms with Gasteiger partial charge in [0.05, 0.1) is 6.54 Å². The molecule has 22 heavy (non-hydrogen) atoms. The number of rotatable bonds is 6. The van der Waals surface area contributed by atoms with Crippen molar-refractivity contribution in [2.45, 2.75) is 18.9 Å². The maximum Gasteiger partial charge on any atom is 0.137 e. The van der Waals surface area contributed by atoms with Crippen molar-refractivity contribution in [3.05, 3.63) is 85.0 Å². The first-order chi connectivity index (χ1) is 10.5. The SMILES string of the molecule is C=C(F)/C=C\C=C\C(C)(Cn1cncn1)c1ccc(F)cc1. The van der Waals surface area contributed by atoms with Gasteiger partial charge in [0.1, 0.15) is 24.3 Å². The molecule has 1 aromatic carbocycles. The summed E-state index contributed by atoms with van der Waals surface area (Å²) in [4.78, 5) is 3.93. The Morgan fingerprint density at radius 2 is 2.05 bits per heavy atom. The monoisotopic (exact) mass is 301 g/mol. The molecule has 0 aliphatic rings. The Morgan fingerprint density at radius 1 is 1.32 bits per heavy atom. The van der Waals surface area contributed by atoms with E-state index in [0.717, 1.165) is 5.56 Å². The minimum atomic E-state index is -0.510. The summed E-state index contributed by atoms with van der Waals surface area (Å²) in [5.74, 6) is -0.797. The summed E-state index contributed by atoms with van der Waals surface area (Å²) in [6.07, 6.45) is 9.59. The summed E-state index contributed by atoms with van der Waals surface area (Å²) < 4.78 is 27.5. The molecule has 0 fully saturated rings. The average Bonchev–Trinajstić information content (AvgIpc) is 2.97. The first-order valence-electron chi connectivity index (χ1n) is 6.78. The number of allylic oxidation sites excluding steroid dienone is 5. The van der Waals surface area contributed by atoms with Crippen molar-refractivity contribution in [2.24, 2.45) is 0 Å². The summed E-state index contributed by atoms with van der Waals surface area (Å²) in [5, 5.41) is 4.11. The Bertz CT molecular complexity index is 672. The molecule has 0 amide bonds. The van der Waals surface area contributed by atoms with Crippen molar-refractivity contribution in [3.63, 3.8) is 0 Å². The van der Waals surface area contributed by atoms with E-state index in [1.807, 2.05) is 13.0 Å². The van der Waals surface area contributed by atoms with Crippen LogP contribution >= 0.6 is 0 Å². The van der Waals surface area contributed by atoms with Gasteiger partial charge in [-0.2, -0.15) is 5.10 Å². The van der Waals surface area contributed by atoms with Gasteiger partial charge in [0.2, 0.25) is 0 Å². The topological polar surface area (TPSA) is 30.7 Å². The second kappa shape index (κ2) is 6.93. The fourth-order valence-corrected chi connectivity index (χ4v) is 2.15. The van der Waals surface area contributed by atoms with E-state index in [0.29, 0.717) is 6.54 Å². The van der Waals surface area contributed by atoms with Gasteiger partial charge in [0.15, 0.2) is 0 Å². The van der Waals surface area contributed by atoms with Crippen LogP contribution in [0.1, 0.15) is 12.5 Å². The normalized spacial score (nSPS) is 14.5. The van der Waals surface area contributed by atoms with Gasteiger partial charge in [-0.05, 0) is 23.8 Å². The lowest BCUT2D eigenvalue weighted by atomic mass is 9.82. The zero-order chi connectivity index (χ0) is 16.0. The molecule has 2 aromatic rings. The first-order valence-corrected chi connectivity index (χ1v) is 6.78. The number of hydrogen-bond donors (Lipinski definition) is 0. The van der Waals surface area contributed by atoms with Gasteiger partial charge in [-0.3, -0.25) is 4.68 Å². The highest BCUT2D eigenvalue weighted by Crippen LogP contribution is 2.27. The Morgan fingerprint density at radius 3 is 2.64 bits per heavy atom. The number of aromatic nitrogens is 3. The van der Waals surface area contributed by atoms with Crippen LogP contribution < -0.4 is 0 Å². The van der Waals surface area contributed by atoms with E-state index < -0.39 is 11.2 Å². The van der Waals surface area contributed by atoms with Crippen molar-refractivity contribution in [1.29, 1.82) is 0 Å². The van der Waals surface area contributed by atoms with Crippen molar-refractivity contribution < 1.29 is 8.78 Å². The van der Waals surface area contributed by atoms with Gasteiger partial charge in [-0.15, -0.1) is 0 Å². The van der Waals surface area contributed by atoms with Gasteiger partial charge in [-0.1, -0.05) is 43.9 Å². The van der Waals surface area contributed by atoms with Gasteiger partial charge in [0, 0.05) is 5.41 Å². The molecule has 5 heteroatoms. The molecule has 1 heterocycles. The van der Waals surface area contributed by atoms with E-state index in [9.17, 15) is 8.78 Å². The van der Waals surface area contributed by atoms with E-state index >= 15 is 0 Å². The lowest BCUT2D eigenvalue weighted by Crippen LogP contribution is -2.26. The number of halogens is 2. The van der Waals surface area contributed by atoms with Crippen LogP contribution in [0, 0.1) is 5.82 Å². The zero-order valence-electron chi connectivity index (χ0n) is 12.3. The van der Waals surface area contributed by atoms with Crippen LogP contribution in [-0.4, -0.2) is 14.8 Å². The smallest absolute Gasteiger partial charge is 0.137 e. The van der Waals surface area contributed by atoms with E-state index in [4.69, 9.17) is 0 Å². The lowest BCUT2D eigenvalue weighted by molar-refractivity contribution is 0.450. The molecule has 3 nitrogen and oxygen atoms in total. The van der Waals surface area contributed by atoms with Gasteiger partial charge in [0.25, 0.3) is 0 Å².